The van der Waals surface area contributed by atoms with E-state index in [2.05, 4.69) is 28.7 Å². The van der Waals surface area contributed by atoms with Crippen LogP contribution in [0.15, 0.2) is 6.20 Å². The van der Waals surface area contributed by atoms with Crippen molar-refractivity contribution in [2.75, 3.05) is 24.5 Å². The number of hydrogen-bond donors (Lipinski definition) is 1. The van der Waals surface area contributed by atoms with Gasteiger partial charge in [-0.1, -0.05) is 13.8 Å². The van der Waals surface area contributed by atoms with Gasteiger partial charge in [0.1, 0.15) is 5.82 Å². The third-order valence-electron chi connectivity index (χ3n) is 2.33. The lowest BCUT2D eigenvalue weighted by molar-refractivity contribution is 0.604. The number of aryl methyl sites for hydroxylation is 2. The Kier molecular flexibility index (Phi) is 4.68. The van der Waals surface area contributed by atoms with Gasteiger partial charge in [-0.05, 0) is 19.8 Å². The van der Waals surface area contributed by atoms with Gasteiger partial charge in [0, 0.05) is 25.8 Å². The lowest BCUT2D eigenvalue weighted by Crippen LogP contribution is -2.34. The van der Waals surface area contributed by atoms with E-state index in [-0.39, 0.29) is 0 Å². The first-order chi connectivity index (χ1) is 7.54. The monoisotopic (exact) mass is 222 g/mol. The van der Waals surface area contributed by atoms with Crippen molar-refractivity contribution in [1.29, 1.82) is 0 Å². The maximum atomic E-state index is 5.64. The Balaban J connectivity index is 2.94. The third kappa shape index (κ3) is 3.45. The summed E-state index contributed by atoms with van der Waals surface area (Å²) in [6, 6.07) is 0. The number of nitrogens with two attached hydrogens (primary N) is 1. The maximum Gasteiger partial charge on any atom is 0.150 e. The molecule has 0 aromatic carbocycles. The van der Waals surface area contributed by atoms with Crippen LogP contribution in [-0.4, -0.2) is 29.6 Å². The summed E-state index contributed by atoms with van der Waals surface area (Å²) in [5.41, 5.74) is 7.56. The van der Waals surface area contributed by atoms with Crippen LogP contribution in [0.5, 0.6) is 0 Å². The fraction of sp³-hybridized carbons (Fsp3) is 0.667. The van der Waals surface area contributed by atoms with Gasteiger partial charge in [-0.3, -0.25) is 4.98 Å². The molecule has 0 atom stereocenters. The Bertz CT molecular complexity index is 336. The minimum absolute atomic E-state index is 0.591. The summed E-state index contributed by atoms with van der Waals surface area (Å²) in [5, 5.41) is 0. The van der Waals surface area contributed by atoms with E-state index >= 15 is 0 Å². The first-order valence-electron chi connectivity index (χ1n) is 5.79. The lowest BCUT2D eigenvalue weighted by atomic mass is 10.2. The number of rotatable bonds is 5. The highest BCUT2D eigenvalue weighted by Gasteiger charge is 2.12. The minimum atomic E-state index is 0.591. The van der Waals surface area contributed by atoms with Crippen molar-refractivity contribution in [3.8, 4) is 0 Å². The fourth-order valence-corrected chi connectivity index (χ4v) is 1.70. The summed E-state index contributed by atoms with van der Waals surface area (Å²) in [5.74, 6) is 1.56. The van der Waals surface area contributed by atoms with E-state index in [1.807, 2.05) is 13.8 Å². The largest absolute Gasteiger partial charge is 0.354 e. The molecule has 4 heteroatoms. The first kappa shape index (κ1) is 12.9. The topological polar surface area (TPSA) is 55.0 Å². The highest BCUT2D eigenvalue weighted by molar-refractivity contribution is 5.43. The van der Waals surface area contributed by atoms with Gasteiger partial charge in [0.05, 0.1) is 11.4 Å². The van der Waals surface area contributed by atoms with Crippen LogP contribution in [0.3, 0.4) is 0 Å². The molecule has 0 aliphatic carbocycles. The van der Waals surface area contributed by atoms with Crippen molar-refractivity contribution in [3.63, 3.8) is 0 Å². The molecule has 0 saturated heterocycles. The van der Waals surface area contributed by atoms with Crippen molar-refractivity contribution in [2.24, 2.45) is 11.7 Å². The molecule has 0 unspecified atom stereocenters. The Morgan fingerprint density at radius 1 is 1.38 bits per heavy atom. The van der Waals surface area contributed by atoms with Crippen LogP contribution in [0.4, 0.5) is 5.82 Å². The molecule has 0 aliphatic rings. The quantitative estimate of drug-likeness (QED) is 0.820. The summed E-state index contributed by atoms with van der Waals surface area (Å²) in [4.78, 5) is 11.1. The second-order valence-electron chi connectivity index (χ2n) is 4.55. The summed E-state index contributed by atoms with van der Waals surface area (Å²) in [6.07, 6.45) is 1.80. The molecule has 1 aromatic heterocycles. The SMILES string of the molecule is Cc1cnc(C)c(N(CCN)CC(C)C)n1. The molecule has 1 aromatic rings. The standard InChI is InChI=1S/C12H22N4/c1-9(2)8-16(6-5-13)12-11(4)14-7-10(3)15-12/h7,9H,5-6,8,13H2,1-4H3. The molecular weight excluding hydrogens is 200 g/mol. The van der Waals surface area contributed by atoms with E-state index in [9.17, 15) is 0 Å². The first-order valence-corrected chi connectivity index (χ1v) is 5.79. The minimum Gasteiger partial charge on any atom is -0.354 e. The molecule has 1 heterocycles. The van der Waals surface area contributed by atoms with Gasteiger partial charge in [0.25, 0.3) is 0 Å². The zero-order chi connectivity index (χ0) is 12.1. The number of hydrogen-bond acceptors (Lipinski definition) is 4. The Morgan fingerprint density at radius 2 is 2.06 bits per heavy atom. The lowest BCUT2D eigenvalue weighted by Gasteiger charge is -2.26. The van der Waals surface area contributed by atoms with Gasteiger partial charge < -0.3 is 10.6 Å². The molecule has 0 fully saturated rings. The molecule has 2 N–H and O–H groups in total. The predicted molar refractivity (Wildman–Crippen MR) is 67.6 cm³/mol. The second kappa shape index (κ2) is 5.80. The maximum absolute atomic E-state index is 5.64. The van der Waals surface area contributed by atoms with Crippen molar-refractivity contribution in [3.05, 3.63) is 17.6 Å². The molecule has 0 aliphatic heterocycles. The molecule has 0 amide bonds. The normalized spacial score (nSPS) is 10.9. The van der Waals surface area contributed by atoms with Crippen LogP contribution in [-0.2, 0) is 0 Å². The van der Waals surface area contributed by atoms with Gasteiger partial charge in [0.2, 0.25) is 0 Å². The van der Waals surface area contributed by atoms with Crippen LogP contribution < -0.4 is 10.6 Å². The van der Waals surface area contributed by atoms with Crippen molar-refractivity contribution >= 4 is 5.82 Å². The second-order valence-corrected chi connectivity index (χ2v) is 4.55. The van der Waals surface area contributed by atoms with Gasteiger partial charge in [0.15, 0.2) is 0 Å². The molecule has 0 saturated carbocycles. The van der Waals surface area contributed by atoms with E-state index in [0.717, 1.165) is 30.3 Å². The molecule has 90 valence electrons. The number of anilines is 1. The van der Waals surface area contributed by atoms with E-state index < -0.39 is 0 Å². The predicted octanol–water partition coefficient (Wildman–Crippen LogP) is 1.51. The summed E-state index contributed by atoms with van der Waals surface area (Å²) >= 11 is 0. The molecule has 0 bridgehead atoms. The third-order valence-corrected chi connectivity index (χ3v) is 2.33. The average Bonchev–Trinajstić information content (AvgIpc) is 2.20. The summed E-state index contributed by atoms with van der Waals surface area (Å²) < 4.78 is 0. The van der Waals surface area contributed by atoms with Crippen LogP contribution >= 0.6 is 0 Å². The Labute approximate surface area is 97.9 Å². The molecule has 1 rings (SSSR count). The smallest absolute Gasteiger partial charge is 0.150 e. The van der Waals surface area contributed by atoms with Crippen LogP contribution in [0, 0.1) is 19.8 Å². The van der Waals surface area contributed by atoms with Crippen molar-refractivity contribution < 1.29 is 0 Å². The van der Waals surface area contributed by atoms with Gasteiger partial charge in [-0.2, -0.15) is 0 Å². The number of aromatic nitrogens is 2. The molecule has 4 nitrogen and oxygen atoms in total. The highest BCUT2D eigenvalue weighted by Crippen LogP contribution is 2.16. The van der Waals surface area contributed by atoms with Gasteiger partial charge >= 0.3 is 0 Å². The van der Waals surface area contributed by atoms with E-state index in [0.29, 0.717) is 12.5 Å². The van der Waals surface area contributed by atoms with E-state index in [1.54, 1.807) is 6.20 Å². The Hall–Kier alpha value is -1.16. The van der Waals surface area contributed by atoms with Crippen molar-refractivity contribution in [2.45, 2.75) is 27.7 Å². The van der Waals surface area contributed by atoms with Crippen LogP contribution in [0.1, 0.15) is 25.2 Å². The van der Waals surface area contributed by atoms with E-state index in [4.69, 9.17) is 5.73 Å². The fourth-order valence-electron chi connectivity index (χ4n) is 1.70. The van der Waals surface area contributed by atoms with Crippen molar-refractivity contribution in [1.82, 2.24) is 9.97 Å². The van der Waals surface area contributed by atoms with Gasteiger partial charge in [-0.25, -0.2) is 4.98 Å². The summed E-state index contributed by atoms with van der Waals surface area (Å²) in [6.45, 7) is 10.8. The van der Waals surface area contributed by atoms with Gasteiger partial charge in [-0.15, -0.1) is 0 Å². The zero-order valence-corrected chi connectivity index (χ0v) is 10.7. The summed E-state index contributed by atoms with van der Waals surface area (Å²) in [7, 11) is 0. The zero-order valence-electron chi connectivity index (χ0n) is 10.7. The molecule has 0 spiro atoms. The number of nitrogens with zero attached hydrogens (tertiary/aromatic N) is 3. The molecular formula is C12H22N4. The van der Waals surface area contributed by atoms with E-state index in [1.165, 1.54) is 0 Å². The molecule has 0 radical (unpaired) electrons. The highest BCUT2D eigenvalue weighted by atomic mass is 15.2. The Morgan fingerprint density at radius 3 is 2.62 bits per heavy atom. The molecule has 16 heavy (non-hydrogen) atoms. The van der Waals surface area contributed by atoms with Crippen LogP contribution in [0.25, 0.3) is 0 Å². The average molecular weight is 222 g/mol. The van der Waals surface area contributed by atoms with Crippen LogP contribution in [0.2, 0.25) is 0 Å².